The molecule has 4 heteroatoms. The van der Waals surface area contributed by atoms with Crippen molar-refractivity contribution in [3.63, 3.8) is 0 Å². The van der Waals surface area contributed by atoms with E-state index in [-0.39, 0.29) is 12.6 Å². The molecule has 0 aliphatic carbocycles. The van der Waals surface area contributed by atoms with E-state index in [1.54, 1.807) is 0 Å². The molecule has 0 spiro atoms. The highest BCUT2D eigenvalue weighted by molar-refractivity contribution is 5.91. The molecule has 0 fully saturated rings. The van der Waals surface area contributed by atoms with Crippen molar-refractivity contribution in [2.45, 2.75) is 46.1 Å². The van der Waals surface area contributed by atoms with Crippen LogP contribution in [-0.4, -0.2) is 23.3 Å². The third kappa shape index (κ3) is 3.96. The minimum Gasteiger partial charge on any atom is -0.394 e. The highest BCUT2D eigenvalue weighted by Crippen LogP contribution is 2.21. The molecule has 0 heterocycles. The average Bonchev–Trinajstić information content (AvgIpc) is 2.40. The van der Waals surface area contributed by atoms with Gasteiger partial charge in [0, 0.05) is 5.69 Å². The van der Waals surface area contributed by atoms with Crippen LogP contribution in [0, 0.1) is 6.92 Å². The Bertz CT molecular complexity index is 440. The van der Waals surface area contributed by atoms with Crippen molar-refractivity contribution >= 4 is 11.7 Å². The Balaban J connectivity index is 2.83. The Kier molecular flexibility index (Phi) is 5.36. The number of carbonyl (C=O) groups is 1. The number of rotatable bonds is 5. The molecule has 106 valence electrons. The van der Waals surface area contributed by atoms with E-state index >= 15 is 0 Å². The first-order valence-corrected chi connectivity index (χ1v) is 6.74. The average molecular weight is 264 g/mol. The number of aliphatic hydroxyl groups is 1. The van der Waals surface area contributed by atoms with Crippen LogP contribution in [0.3, 0.4) is 0 Å². The predicted molar refractivity (Wildman–Crippen MR) is 78.5 cm³/mol. The molecule has 0 saturated heterocycles. The van der Waals surface area contributed by atoms with E-state index in [9.17, 15) is 9.90 Å². The molecule has 1 rings (SSSR count). The molecule has 0 radical (unpaired) electrons. The standard InChI is InChI=1S/C15H24N2O2/c1-5-12-9-7-8-11(3)13(12)16-14(19)17-15(4,6-2)10-18/h7-9,18H,5-6,10H2,1-4H3,(H2,16,17,19). The molecule has 0 aromatic heterocycles. The summed E-state index contributed by atoms with van der Waals surface area (Å²) in [5.41, 5.74) is 2.42. The van der Waals surface area contributed by atoms with Crippen molar-refractivity contribution in [3.8, 4) is 0 Å². The fraction of sp³-hybridized carbons (Fsp3) is 0.533. The van der Waals surface area contributed by atoms with Crippen LogP contribution in [0.2, 0.25) is 0 Å². The number of nitrogens with one attached hydrogen (secondary N) is 2. The Morgan fingerprint density at radius 1 is 1.37 bits per heavy atom. The second kappa shape index (κ2) is 6.57. The molecule has 0 aliphatic rings. The lowest BCUT2D eigenvalue weighted by Gasteiger charge is -2.27. The highest BCUT2D eigenvalue weighted by atomic mass is 16.3. The van der Waals surface area contributed by atoms with Crippen LogP contribution in [0.4, 0.5) is 10.5 Å². The van der Waals surface area contributed by atoms with Crippen molar-refractivity contribution in [1.82, 2.24) is 5.32 Å². The van der Waals surface area contributed by atoms with E-state index in [1.807, 2.05) is 39.0 Å². The Morgan fingerprint density at radius 2 is 2.05 bits per heavy atom. The van der Waals surface area contributed by atoms with Crippen LogP contribution in [-0.2, 0) is 6.42 Å². The number of aliphatic hydroxyl groups excluding tert-OH is 1. The van der Waals surface area contributed by atoms with Gasteiger partial charge < -0.3 is 15.7 Å². The second-order valence-corrected chi connectivity index (χ2v) is 5.11. The van der Waals surface area contributed by atoms with Crippen molar-refractivity contribution in [2.24, 2.45) is 0 Å². The van der Waals surface area contributed by atoms with Crippen LogP contribution >= 0.6 is 0 Å². The monoisotopic (exact) mass is 264 g/mol. The SMILES string of the molecule is CCc1cccc(C)c1NC(=O)NC(C)(CC)CO. The quantitative estimate of drug-likeness (QED) is 0.766. The Morgan fingerprint density at radius 3 is 2.58 bits per heavy atom. The summed E-state index contributed by atoms with van der Waals surface area (Å²) in [6.07, 6.45) is 1.54. The number of hydrogen-bond donors (Lipinski definition) is 3. The lowest BCUT2D eigenvalue weighted by molar-refractivity contribution is 0.172. The van der Waals surface area contributed by atoms with Gasteiger partial charge in [-0.25, -0.2) is 4.79 Å². The number of para-hydroxylation sites is 1. The van der Waals surface area contributed by atoms with Gasteiger partial charge in [0.05, 0.1) is 12.1 Å². The van der Waals surface area contributed by atoms with Crippen LogP contribution in [0.25, 0.3) is 0 Å². The zero-order valence-corrected chi connectivity index (χ0v) is 12.2. The topological polar surface area (TPSA) is 61.4 Å². The number of aryl methyl sites for hydroxylation is 2. The number of benzene rings is 1. The summed E-state index contributed by atoms with van der Waals surface area (Å²) in [6.45, 7) is 7.71. The number of carbonyl (C=O) groups excluding carboxylic acids is 1. The van der Waals surface area contributed by atoms with Crippen molar-refractivity contribution in [3.05, 3.63) is 29.3 Å². The van der Waals surface area contributed by atoms with E-state index in [0.717, 1.165) is 23.2 Å². The molecule has 2 amide bonds. The van der Waals surface area contributed by atoms with Crippen molar-refractivity contribution in [2.75, 3.05) is 11.9 Å². The summed E-state index contributed by atoms with van der Waals surface area (Å²) >= 11 is 0. The summed E-state index contributed by atoms with van der Waals surface area (Å²) in [5, 5.41) is 15.0. The lowest BCUT2D eigenvalue weighted by atomic mass is 10.0. The van der Waals surface area contributed by atoms with Crippen molar-refractivity contribution < 1.29 is 9.90 Å². The molecule has 19 heavy (non-hydrogen) atoms. The van der Waals surface area contributed by atoms with Gasteiger partial charge in [0.15, 0.2) is 0 Å². The molecule has 0 aliphatic heterocycles. The third-order valence-electron chi connectivity index (χ3n) is 3.52. The Labute approximate surface area is 115 Å². The van der Waals surface area contributed by atoms with Crippen LogP contribution < -0.4 is 10.6 Å². The molecule has 1 aromatic rings. The maximum absolute atomic E-state index is 12.0. The third-order valence-corrected chi connectivity index (χ3v) is 3.52. The number of anilines is 1. The number of urea groups is 1. The summed E-state index contributed by atoms with van der Waals surface area (Å²) in [6, 6.07) is 5.69. The number of amides is 2. The highest BCUT2D eigenvalue weighted by Gasteiger charge is 2.23. The summed E-state index contributed by atoms with van der Waals surface area (Å²) < 4.78 is 0. The first-order valence-electron chi connectivity index (χ1n) is 6.74. The van der Waals surface area contributed by atoms with E-state index in [0.29, 0.717) is 6.42 Å². The maximum atomic E-state index is 12.0. The van der Waals surface area contributed by atoms with Gasteiger partial charge in [-0.15, -0.1) is 0 Å². The zero-order valence-electron chi connectivity index (χ0n) is 12.2. The minimum atomic E-state index is -0.584. The molecule has 1 atom stereocenters. The van der Waals surface area contributed by atoms with E-state index < -0.39 is 5.54 Å². The van der Waals surface area contributed by atoms with Crippen LogP contribution in [0.1, 0.15) is 38.3 Å². The largest absolute Gasteiger partial charge is 0.394 e. The first kappa shape index (κ1) is 15.5. The van der Waals surface area contributed by atoms with Gasteiger partial charge in [-0.1, -0.05) is 32.0 Å². The second-order valence-electron chi connectivity index (χ2n) is 5.11. The molecule has 0 bridgehead atoms. The maximum Gasteiger partial charge on any atom is 0.319 e. The van der Waals surface area contributed by atoms with Gasteiger partial charge >= 0.3 is 6.03 Å². The summed E-state index contributed by atoms with van der Waals surface area (Å²) in [4.78, 5) is 12.0. The molecular weight excluding hydrogens is 240 g/mol. The molecule has 0 saturated carbocycles. The molecule has 3 N–H and O–H groups in total. The van der Waals surface area contributed by atoms with E-state index in [1.165, 1.54) is 0 Å². The van der Waals surface area contributed by atoms with Crippen molar-refractivity contribution in [1.29, 1.82) is 0 Å². The van der Waals surface area contributed by atoms with Gasteiger partial charge in [-0.2, -0.15) is 0 Å². The minimum absolute atomic E-state index is 0.0780. The van der Waals surface area contributed by atoms with Gasteiger partial charge in [0.2, 0.25) is 0 Å². The van der Waals surface area contributed by atoms with Gasteiger partial charge in [-0.05, 0) is 37.8 Å². The smallest absolute Gasteiger partial charge is 0.319 e. The molecule has 1 aromatic carbocycles. The number of hydrogen-bond acceptors (Lipinski definition) is 2. The van der Waals surface area contributed by atoms with E-state index in [2.05, 4.69) is 17.6 Å². The zero-order chi connectivity index (χ0) is 14.5. The van der Waals surface area contributed by atoms with E-state index in [4.69, 9.17) is 0 Å². The predicted octanol–water partition coefficient (Wildman–Crippen LogP) is 2.84. The fourth-order valence-electron chi connectivity index (χ4n) is 1.86. The first-order chi connectivity index (χ1) is 8.95. The van der Waals surface area contributed by atoms with Gasteiger partial charge in [0.1, 0.15) is 0 Å². The molecule has 1 unspecified atom stereocenters. The summed E-state index contributed by atoms with van der Waals surface area (Å²) in [7, 11) is 0. The lowest BCUT2D eigenvalue weighted by Crippen LogP contribution is -2.50. The van der Waals surface area contributed by atoms with Gasteiger partial charge in [0.25, 0.3) is 0 Å². The van der Waals surface area contributed by atoms with Gasteiger partial charge in [-0.3, -0.25) is 0 Å². The fourth-order valence-corrected chi connectivity index (χ4v) is 1.86. The normalized spacial score (nSPS) is 13.7. The van der Waals surface area contributed by atoms with Crippen LogP contribution in [0.15, 0.2) is 18.2 Å². The molecule has 4 nitrogen and oxygen atoms in total. The molecular formula is C15H24N2O2. The summed E-state index contributed by atoms with van der Waals surface area (Å²) in [5.74, 6) is 0. The van der Waals surface area contributed by atoms with Crippen LogP contribution in [0.5, 0.6) is 0 Å². The Hall–Kier alpha value is -1.55.